The largest absolute Gasteiger partial charge is 0.340 e. The predicted molar refractivity (Wildman–Crippen MR) is 123 cm³/mol. The number of hydrogen-bond donors (Lipinski definition) is 0. The van der Waals surface area contributed by atoms with E-state index in [1.165, 1.54) is 5.56 Å². The minimum absolute atomic E-state index is 0.0357. The molecule has 2 amide bonds. The molecule has 0 bridgehead atoms. The Hall–Kier alpha value is -2.88. The third kappa shape index (κ3) is 5.29. The van der Waals surface area contributed by atoms with Crippen LogP contribution in [0.1, 0.15) is 34.3 Å². The summed E-state index contributed by atoms with van der Waals surface area (Å²) in [4.78, 5) is 32.1. The molecule has 0 aliphatic carbocycles. The Morgan fingerprint density at radius 1 is 0.938 bits per heavy atom. The number of rotatable bonds is 4. The number of likely N-dealkylation sites (tertiary alicyclic amines) is 1. The van der Waals surface area contributed by atoms with Gasteiger partial charge in [0, 0.05) is 56.4 Å². The number of carbonyl (C=O) groups excluding carboxylic acids is 2. The molecule has 2 fully saturated rings. The Morgan fingerprint density at radius 3 is 2.28 bits per heavy atom. The van der Waals surface area contributed by atoms with Crippen LogP contribution in [0.5, 0.6) is 0 Å². The molecular formula is C25H27ClN4O2. The van der Waals surface area contributed by atoms with Gasteiger partial charge in [0.1, 0.15) is 0 Å². The molecule has 1 atom stereocenters. The molecule has 166 valence electrons. The van der Waals surface area contributed by atoms with Gasteiger partial charge in [0.25, 0.3) is 5.91 Å². The van der Waals surface area contributed by atoms with Crippen LogP contribution < -0.4 is 0 Å². The lowest BCUT2D eigenvalue weighted by Gasteiger charge is -2.39. The standard InChI is InChI=1S/C25H27ClN4O2/c26-23-9-7-21(8-10-23)24(31)30-11-1-2-22(18-30)25(32)29-14-12-28(13-15-29)17-20-5-3-19(16-27)4-6-20/h3-10,22H,1-2,11-15,17-18H2/t22-/m1/s1. The van der Waals surface area contributed by atoms with E-state index in [9.17, 15) is 9.59 Å². The minimum atomic E-state index is -0.134. The molecule has 0 spiro atoms. The van der Waals surface area contributed by atoms with Gasteiger partial charge in [-0.1, -0.05) is 23.7 Å². The van der Waals surface area contributed by atoms with E-state index in [1.807, 2.05) is 29.2 Å². The highest BCUT2D eigenvalue weighted by molar-refractivity contribution is 6.30. The van der Waals surface area contributed by atoms with E-state index in [-0.39, 0.29) is 17.7 Å². The average molecular weight is 451 g/mol. The fourth-order valence-electron chi connectivity index (χ4n) is 4.47. The Balaban J connectivity index is 1.29. The van der Waals surface area contributed by atoms with Crippen molar-refractivity contribution in [3.8, 4) is 6.07 Å². The van der Waals surface area contributed by atoms with Crippen molar-refractivity contribution in [3.05, 3.63) is 70.2 Å². The normalized spacial score (nSPS) is 19.4. The van der Waals surface area contributed by atoms with Crippen LogP contribution in [-0.4, -0.2) is 65.8 Å². The SMILES string of the molecule is N#Cc1ccc(CN2CCN(C(=O)[C@@H]3CCCN(C(=O)c4ccc(Cl)cc4)C3)CC2)cc1. The zero-order valence-electron chi connectivity index (χ0n) is 18.0. The van der Waals surface area contributed by atoms with E-state index in [4.69, 9.17) is 16.9 Å². The average Bonchev–Trinajstić information content (AvgIpc) is 2.85. The van der Waals surface area contributed by atoms with E-state index in [2.05, 4.69) is 11.0 Å². The molecule has 2 saturated heterocycles. The van der Waals surface area contributed by atoms with Crippen LogP contribution in [0, 0.1) is 17.2 Å². The summed E-state index contributed by atoms with van der Waals surface area (Å²) in [6, 6.07) is 16.7. The Labute approximate surface area is 194 Å². The van der Waals surface area contributed by atoms with Gasteiger partial charge in [-0.15, -0.1) is 0 Å². The number of halogens is 1. The molecular weight excluding hydrogens is 424 g/mol. The van der Waals surface area contributed by atoms with Crippen molar-refractivity contribution in [3.63, 3.8) is 0 Å². The van der Waals surface area contributed by atoms with E-state index >= 15 is 0 Å². The molecule has 7 heteroatoms. The summed E-state index contributed by atoms with van der Waals surface area (Å²) in [5, 5.41) is 9.53. The number of amides is 2. The van der Waals surface area contributed by atoms with Crippen LogP contribution in [0.2, 0.25) is 5.02 Å². The third-order valence-corrected chi connectivity index (χ3v) is 6.57. The van der Waals surface area contributed by atoms with Gasteiger partial charge >= 0.3 is 0 Å². The fourth-order valence-corrected chi connectivity index (χ4v) is 4.59. The molecule has 4 rings (SSSR count). The number of piperazine rings is 1. The van der Waals surface area contributed by atoms with E-state index in [1.54, 1.807) is 29.2 Å². The summed E-state index contributed by atoms with van der Waals surface area (Å²) < 4.78 is 0. The lowest BCUT2D eigenvalue weighted by atomic mass is 9.95. The quantitative estimate of drug-likeness (QED) is 0.715. The van der Waals surface area contributed by atoms with Gasteiger partial charge in [0.05, 0.1) is 17.6 Å². The third-order valence-electron chi connectivity index (χ3n) is 6.32. The summed E-state index contributed by atoms with van der Waals surface area (Å²) in [5.41, 5.74) is 2.45. The highest BCUT2D eigenvalue weighted by Crippen LogP contribution is 2.22. The van der Waals surface area contributed by atoms with Gasteiger partial charge < -0.3 is 9.80 Å². The smallest absolute Gasteiger partial charge is 0.253 e. The first-order valence-electron chi connectivity index (χ1n) is 11.1. The molecule has 0 aromatic heterocycles. The topological polar surface area (TPSA) is 67.7 Å². The maximum absolute atomic E-state index is 13.2. The van der Waals surface area contributed by atoms with Crippen molar-refractivity contribution in [1.29, 1.82) is 5.26 Å². The number of carbonyl (C=O) groups is 2. The van der Waals surface area contributed by atoms with Gasteiger partial charge in [-0.05, 0) is 54.8 Å². The Morgan fingerprint density at radius 2 is 1.62 bits per heavy atom. The molecule has 0 unspecified atom stereocenters. The van der Waals surface area contributed by atoms with Crippen LogP contribution in [0.15, 0.2) is 48.5 Å². The molecule has 0 radical (unpaired) electrons. The van der Waals surface area contributed by atoms with Crippen molar-refractivity contribution < 1.29 is 9.59 Å². The van der Waals surface area contributed by atoms with E-state index < -0.39 is 0 Å². The number of piperidine rings is 1. The zero-order chi connectivity index (χ0) is 22.5. The maximum Gasteiger partial charge on any atom is 0.253 e. The second-order valence-electron chi connectivity index (χ2n) is 8.51. The lowest BCUT2D eigenvalue weighted by molar-refractivity contribution is -0.138. The van der Waals surface area contributed by atoms with E-state index in [0.717, 1.165) is 32.5 Å². The van der Waals surface area contributed by atoms with Gasteiger partial charge in [-0.25, -0.2) is 0 Å². The summed E-state index contributed by atoms with van der Waals surface area (Å²) in [7, 11) is 0. The molecule has 2 aliphatic rings. The van der Waals surface area contributed by atoms with Crippen LogP contribution in [0.3, 0.4) is 0 Å². The first-order chi connectivity index (χ1) is 15.5. The fraction of sp³-hybridized carbons (Fsp3) is 0.400. The first-order valence-corrected chi connectivity index (χ1v) is 11.5. The highest BCUT2D eigenvalue weighted by atomic mass is 35.5. The Kier molecular flexibility index (Phi) is 7.09. The number of nitrogens with zero attached hydrogens (tertiary/aromatic N) is 4. The first kappa shape index (κ1) is 22.3. The number of benzene rings is 2. The van der Waals surface area contributed by atoms with Crippen LogP contribution in [-0.2, 0) is 11.3 Å². The number of nitriles is 1. The van der Waals surface area contributed by atoms with Gasteiger partial charge in [0.2, 0.25) is 5.91 Å². The van der Waals surface area contributed by atoms with Gasteiger partial charge in [-0.2, -0.15) is 5.26 Å². The minimum Gasteiger partial charge on any atom is -0.340 e. The van der Waals surface area contributed by atoms with Crippen molar-refractivity contribution in [2.45, 2.75) is 19.4 Å². The number of hydrogen-bond acceptors (Lipinski definition) is 4. The monoisotopic (exact) mass is 450 g/mol. The van der Waals surface area contributed by atoms with Gasteiger partial charge in [-0.3, -0.25) is 14.5 Å². The molecule has 0 saturated carbocycles. The molecule has 0 N–H and O–H groups in total. The molecule has 2 aromatic carbocycles. The molecule has 6 nitrogen and oxygen atoms in total. The van der Waals surface area contributed by atoms with Crippen LogP contribution in [0.25, 0.3) is 0 Å². The summed E-state index contributed by atoms with van der Waals surface area (Å²) >= 11 is 5.93. The second-order valence-corrected chi connectivity index (χ2v) is 8.94. The van der Waals surface area contributed by atoms with Crippen molar-refractivity contribution in [2.75, 3.05) is 39.3 Å². The predicted octanol–water partition coefficient (Wildman–Crippen LogP) is 3.41. The molecule has 2 aliphatic heterocycles. The maximum atomic E-state index is 13.2. The second kappa shape index (κ2) is 10.2. The van der Waals surface area contributed by atoms with Crippen molar-refractivity contribution >= 4 is 23.4 Å². The highest BCUT2D eigenvalue weighted by Gasteiger charge is 2.32. The van der Waals surface area contributed by atoms with Gasteiger partial charge in [0.15, 0.2) is 0 Å². The summed E-state index contributed by atoms with van der Waals surface area (Å²) in [6.45, 7) is 5.04. The lowest BCUT2D eigenvalue weighted by Crippen LogP contribution is -2.52. The van der Waals surface area contributed by atoms with Crippen molar-refractivity contribution in [2.24, 2.45) is 5.92 Å². The molecule has 2 heterocycles. The van der Waals surface area contributed by atoms with Crippen LogP contribution >= 0.6 is 11.6 Å². The Bertz CT molecular complexity index is 992. The molecule has 2 aromatic rings. The molecule has 32 heavy (non-hydrogen) atoms. The van der Waals surface area contributed by atoms with E-state index in [0.29, 0.717) is 42.3 Å². The van der Waals surface area contributed by atoms with Crippen molar-refractivity contribution in [1.82, 2.24) is 14.7 Å². The van der Waals surface area contributed by atoms with Crippen LogP contribution in [0.4, 0.5) is 0 Å². The summed E-state index contributed by atoms with van der Waals surface area (Å²) in [6.07, 6.45) is 1.67. The zero-order valence-corrected chi connectivity index (χ0v) is 18.8. The summed E-state index contributed by atoms with van der Waals surface area (Å²) in [5.74, 6) is -0.00638.